The molecule has 70 valence electrons. The standard InChI is InChI=1S/C9H19N3/c1-3-4-7-12(8-5-6-8)9(10)11-2/h8H,3-7H2,1-2H3,(H2,10,11). The molecular formula is C9H19N3. The van der Waals surface area contributed by atoms with Gasteiger partial charge in [-0.25, -0.2) is 0 Å². The van der Waals surface area contributed by atoms with Crippen LogP contribution < -0.4 is 5.73 Å². The van der Waals surface area contributed by atoms with Crippen molar-refractivity contribution in [2.75, 3.05) is 13.6 Å². The summed E-state index contributed by atoms with van der Waals surface area (Å²) in [5.74, 6) is 0.714. The number of unbranched alkanes of at least 4 members (excludes halogenated alkanes) is 1. The smallest absolute Gasteiger partial charge is 0.191 e. The van der Waals surface area contributed by atoms with E-state index in [1.165, 1.54) is 25.7 Å². The van der Waals surface area contributed by atoms with Crippen molar-refractivity contribution in [2.24, 2.45) is 10.7 Å². The summed E-state index contributed by atoms with van der Waals surface area (Å²) in [7, 11) is 1.76. The maximum absolute atomic E-state index is 5.77. The molecule has 0 radical (unpaired) electrons. The van der Waals surface area contributed by atoms with Gasteiger partial charge < -0.3 is 10.6 Å². The van der Waals surface area contributed by atoms with Crippen LogP contribution >= 0.6 is 0 Å². The number of aliphatic imine (C=N–C) groups is 1. The second-order valence-corrected chi connectivity index (χ2v) is 3.36. The first kappa shape index (κ1) is 9.36. The quantitative estimate of drug-likeness (QED) is 0.507. The van der Waals surface area contributed by atoms with E-state index in [0.717, 1.165) is 6.54 Å². The summed E-state index contributed by atoms with van der Waals surface area (Å²) >= 11 is 0. The van der Waals surface area contributed by atoms with E-state index in [0.29, 0.717) is 12.0 Å². The van der Waals surface area contributed by atoms with Crippen molar-refractivity contribution in [1.82, 2.24) is 4.90 Å². The molecule has 1 saturated carbocycles. The van der Waals surface area contributed by atoms with Crippen molar-refractivity contribution in [3.8, 4) is 0 Å². The molecule has 0 aliphatic heterocycles. The first-order chi connectivity index (χ1) is 5.79. The van der Waals surface area contributed by atoms with E-state index in [9.17, 15) is 0 Å². The van der Waals surface area contributed by atoms with Gasteiger partial charge in [0.2, 0.25) is 0 Å². The molecule has 0 amide bonds. The van der Waals surface area contributed by atoms with E-state index in [1.54, 1.807) is 7.05 Å². The highest BCUT2D eigenvalue weighted by Gasteiger charge is 2.29. The van der Waals surface area contributed by atoms with Gasteiger partial charge >= 0.3 is 0 Å². The molecule has 0 heterocycles. The van der Waals surface area contributed by atoms with Crippen molar-refractivity contribution in [3.05, 3.63) is 0 Å². The van der Waals surface area contributed by atoms with Crippen LogP contribution in [0.25, 0.3) is 0 Å². The first-order valence-corrected chi connectivity index (χ1v) is 4.78. The zero-order chi connectivity index (χ0) is 8.97. The molecule has 3 nitrogen and oxygen atoms in total. The second kappa shape index (κ2) is 4.33. The normalized spacial score (nSPS) is 18.0. The topological polar surface area (TPSA) is 41.6 Å². The summed E-state index contributed by atoms with van der Waals surface area (Å²) in [6.45, 7) is 3.27. The molecule has 1 fully saturated rings. The molecule has 0 aromatic rings. The predicted octanol–water partition coefficient (Wildman–Crippen LogP) is 1.20. The molecule has 0 bridgehead atoms. The van der Waals surface area contributed by atoms with Gasteiger partial charge in [-0.2, -0.15) is 0 Å². The summed E-state index contributed by atoms with van der Waals surface area (Å²) in [4.78, 5) is 6.26. The Kier molecular flexibility index (Phi) is 3.38. The maximum atomic E-state index is 5.77. The Hall–Kier alpha value is -0.730. The van der Waals surface area contributed by atoms with Crippen molar-refractivity contribution in [1.29, 1.82) is 0 Å². The van der Waals surface area contributed by atoms with Crippen LogP contribution in [0.3, 0.4) is 0 Å². The average molecular weight is 169 g/mol. The number of nitrogens with zero attached hydrogens (tertiary/aromatic N) is 2. The van der Waals surface area contributed by atoms with Gasteiger partial charge in [-0.05, 0) is 19.3 Å². The molecule has 1 rings (SSSR count). The molecule has 2 N–H and O–H groups in total. The molecule has 0 saturated heterocycles. The summed E-state index contributed by atoms with van der Waals surface area (Å²) in [5, 5.41) is 0. The number of guanidine groups is 1. The summed E-state index contributed by atoms with van der Waals surface area (Å²) in [6.07, 6.45) is 5.02. The van der Waals surface area contributed by atoms with Crippen LogP contribution in [-0.4, -0.2) is 30.5 Å². The third kappa shape index (κ3) is 2.40. The molecule has 1 aliphatic carbocycles. The molecule has 12 heavy (non-hydrogen) atoms. The molecule has 3 heteroatoms. The Morgan fingerprint density at radius 1 is 1.58 bits per heavy atom. The summed E-state index contributed by atoms with van der Waals surface area (Å²) in [6, 6.07) is 0.695. The summed E-state index contributed by atoms with van der Waals surface area (Å²) in [5.41, 5.74) is 5.77. The van der Waals surface area contributed by atoms with E-state index >= 15 is 0 Å². The van der Waals surface area contributed by atoms with Crippen LogP contribution in [0.2, 0.25) is 0 Å². The lowest BCUT2D eigenvalue weighted by Crippen LogP contribution is -2.39. The Morgan fingerprint density at radius 3 is 2.67 bits per heavy atom. The van der Waals surface area contributed by atoms with Crippen LogP contribution in [0.1, 0.15) is 32.6 Å². The lowest BCUT2D eigenvalue weighted by molar-refractivity contribution is 0.394. The minimum Gasteiger partial charge on any atom is -0.370 e. The molecule has 0 aromatic heterocycles. The summed E-state index contributed by atoms with van der Waals surface area (Å²) < 4.78 is 0. The average Bonchev–Trinajstić information content (AvgIpc) is 2.88. The predicted molar refractivity (Wildman–Crippen MR) is 52.2 cm³/mol. The van der Waals surface area contributed by atoms with E-state index in [4.69, 9.17) is 5.73 Å². The fourth-order valence-electron chi connectivity index (χ4n) is 1.33. The minimum absolute atomic E-state index is 0.695. The van der Waals surface area contributed by atoms with Gasteiger partial charge in [0.1, 0.15) is 0 Å². The van der Waals surface area contributed by atoms with Gasteiger partial charge in [-0.15, -0.1) is 0 Å². The van der Waals surface area contributed by atoms with Crippen molar-refractivity contribution in [3.63, 3.8) is 0 Å². The Balaban J connectivity index is 2.37. The molecule has 0 unspecified atom stereocenters. The SMILES string of the molecule is CCCCN(C(N)=NC)C1CC1. The molecule has 1 aliphatic rings. The number of rotatable bonds is 4. The van der Waals surface area contributed by atoms with E-state index in [2.05, 4.69) is 16.8 Å². The van der Waals surface area contributed by atoms with Gasteiger partial charge in [0.05, 0.1) is 0 Å². The van der Waals surface area contributed by atoms with Gasteiger partial charge in [-0.3, -0.25) is 4.99 Å². The van der Waals surface area contributed by atoms with Gasteiger partial charge in [0.25, 0.3) is 0 Å². The van der Waals surface area contributed by atoms with Crippen LogP contribution in [0.15, 0.2) is 4.99 Å². The van der Waals surface area contributed by atoms with Crippen molar-refractivity contribution in [2.45, 2.75) is 38.6 Å². The Morgan fingerprint density at radius 2 is 2.25 bits per heavy atom. The van der Waals surface area contributed by atoms with Gasteiger partial charge in [-0.1, -0.05) is 13.3 Å². The lowest BCUT2D eigenvalue weighted by atomic mass is 10.3. The third-order valence-corrected chi connectivity index (χ3v) is 2.26. The second-order valence-electron chi connectivity index (χ2n) is 3.36. The van der Waals surface area contributed by atoms with E-state index < -0.39 is 0 Å². The first-order valence-electron chi connectivity index (χ1n) is 4.78. The molecule has 0 atom stereocenters. The van der Waals surface area contributed by atoms with Crippen molar-refractivity contribution >= 4 is 5.96 Å². The van der Waals surface area contributed by atoms with Crippen LogP contribution in [0.4, 0.5) is 0 Å². The van der Waals surface area contributed by atoms with Crippen molar-refractivity contribution < 1.29 is 0 Å². The fraction of sp³-hybridized carbons (Fsp3) is 0.889. The minimum atomic E-state index is 0.695. The fourth-order valence-corrected chi connectivity index (χ4v) is 1.33. The number of hydrogen-bond acceptors (Lipinski definition) is 1. The van der Waals surface area contributed by atoms with Crippen LogP contribution in [0.5, 0.6) is 0 Å². The van der Waals surface area contributed by atoms with E-state index in [1.807, 2.05) is 0 Å². The highest BCUT2D eigenvalue weighted by Crippen LogP contribution is 2.26. The zero-order valence-corrected chi connectivity index (χ0v) is 8.08. The molecule has 0 aromatic carbocycles. The monoisotopic (exact) mass is 169 g/mol. The maximum Gasteiger partial charge on any atom is 0.191 e. The van der Waals surface area contributed by atoms with E-state index in [-0.39, 0.29) is 0 Å². The van der Waals surface area contributed by atoms with Gasteiger partial charge in [0, 0.05) is 19.6 Å². The number of hydrogen-bond donors (Lipinski definition) is 1. The Labute approximate surface area is 74.6 Å². The zero-order valence-electron chi connectivity index (χ0n) is 8.08. The van der Waals surface area contributed by atoms with Gasteiger partial charge in [0.15, 0.2) is 5.96 Å². The number of nitrogens with two attached hydrogens (primary N) is 1. The molecule has 0 spiro atoms. The lowest BCUT2D eigenvalue weighted by Gasteiger charge is -2.22. The highest BCUT2D eigenvalue weighted by molar-refractivity contribution is 5.78. The largest absolute Gasteiger partial charge is 0.370 e. The van der Waals surface area contributed by atoms with Crippen LogP contribution in [0, 0.1) is 0 Å². The highest BCUT2D eigenvalue weighted by atomic mass is 15.3. The third-order valence-electron chi connectivity index (χ3n) is 2.26. The molecular weight excluding hydrogens is 150 g/mol. The van der Waals surface area contributed by atoms with Crippen LogP contribution in [-0.2, 0) is 0 Å². The Bertz CT molecular complexity index is 161.